The van der Waals surface area contributed by atoms with Gasteiger partial charge in [0.2, 0.25) is 5.91 Å². The molecule has 6 heteroatoms. The zero-order valence-electron chi connectivity index (χ0n) is 16.0. The van der Waals surface area contributed by atoms with Gasteiger partial charge in [0.1, 0.15) is 5.75 Å². The monoisotopic (exact) mass is 387 g/mol. The first kappa shape index (κ1) is 20.7. The Morgan fingerprint density at radius 1 is 1.15 bits per heavy atom. The second-order valence-corrected chi connectivity index (χ2v) is 8.29. The normalized spacial score (nSPS) is 12.7. The Kier molecular flexibility index (Phi) is 6.80. The first-order valence-electron chi connectivity index (χ1n) is 8.70. The summed E-state index contributed by atoms with van der Waals surface area (Å²) in [7, 11) is -1.52. The predicted molar refractivity (Wildman–Crippen MR) is 107 cm³/mol. The Bertz CT molecular complexity index is 917. The molecule has 2 aromatic carbocycles. The Hall–Kier alpha value is -2.60. The largest absolute Gasteiger partial charge is 0.493 e. The summed E-state index contributed by atoms with van der Waals surface area (Å²) in [5.41, 5.74) is 1.70. The maximum absolute atomic E-state index is 12.5. The van der Waals surface area contributed by atoms with Crippen LogP contribution >= 0.6 is 0 Å². The Balaban J connectivity index is 2.12. The summed E-state index contributed by atoms with van der Waals surface area (Å²) in [4.78, 5) is 14.4. The average molecular weight is 388 g/mol. The lowest BCUT2D eigenvalue weighted by atomic mass is 10.1. The van der Waals surface area contributed by atoms with Gasteiger partial charge in [-0.2, -0.15) is 0 Å². The highest BCUT2D eigenvalue weighted by Crippen LogP contribution is 2.22. The second kappa shape index (κ2) is 8.86. The number of likely N-dealkylation sites (N-methyl/N-ethyl adjacent to an activating group) is 1. The number of rotatable bonds is 7. The molecule has 0 aliphatic heterocycles. The van der Waals surface area contributed by atoms with E-state index in [-0.39, 0.29) is 16.8 Å². The van der Waals surface area contributed by atoms with Gasteiger partial charge in [-0.25, -0.2) is 8.42 Å². The van der Waals surface area contributed by atoms with Gasteiger partial charge in [0, 0.05) is 24.9 Å². The van der Waals surface area contributed by atoms with E-state index < -0.39 is 9.84 Å². The van der Waals surface area contributed by atoms with Crippen molar-refractivity contribution in [3.8, 4) is 5.75 Å². The van der Waals surface area contributed by atoms with E-state index >= 15 is 0 Å². The van der Waals surface area contributed by atoms with Gasteiger partial charge in [-0.1, -0.05) is 30.3 Å². The van der Waals surface area contributed by atoms with Gasteiger partial charge in [-0.3, -0.25) is 4.79 Å². The molecule has 2 aromatic rings. The Labute approximate surface area is 161 Å². The molecule has 0 aliphatic rings. The van der Waals surface area contributed by atoms with Crippen molar-refractivity contribution < 1.29 is 17.9 Å². The van der Waals surface area contributed by atoms with Crippen LogP contribution in [0.25, 0.3) is 6.08 Å². The number of benzene rings is 2. The van der Waals surface area contributed by atoms with E-state index in [1.54, 1.807) is 42.3 Å². The molecule has 0 spiro atoms. The molecule has 0 N–H and O–H groups in total. The highest BCUT2D eigenvalue weighted by atomic mass is 32.2. The number of sulfone groups is 1. The van der Waals surface area contributed by atoms with E-state index in [1.807, 2.05) is 38.1 Å². The van der Waals surface area contributed by atoms with E-state index in [0.29, 0.717) is 6.61 Å². The summed E-state index contributed by atoms with van der Waals surface area (Å²) >= 11 is 0. The Morgan fingerprint density at radius 2 is 1.78 bits per heavy atom. The molecule has 0 aromatic heterocycles. The molecule has 144 valence electrons. The quantitative estimate of drug-likeness (QED) is 0.679. The Morgan fingerprint density at radius 3 is 2.37 bits per heavy atom. The van der Waals surface area contributed by atoms with E-state index in [0.717, 1.165) is 16.9 Å². The molecule has 0 heterocycles. The van der Waals surface area contributed by atoms with Crippen molar-refractivity contribution in [3.05, 3.63) is 65.7 Å². The fourth-order valence-electron chi connectivity index (χ4n) is 2.59. The molecular weight excluding hydrogens is 362 g/mol. The van der Waals surface area contributed by atoms with Crippen LogP contribution in [0.3, 0.4) is 0 Å². The number of hydrogen-bond donors (Lipinski definition) is 0. The maximum atomic E-state index is 12.5. The molecule has 1 atom stereocenters. The average Bonchev–Trinajstić information content (AvgIpc) is 2.65. The highest BCUT2D eigenvalue weighted by Gasteiger charge is 2.16. The van der Waals surface area contributed by atoms with E-state index in [4.69, 9.17) is 4.74 Å². The molecule has 2 rings (SSSR count). The third-order valence-electron chi connectivity index (χ3n) is 4.34. The molecular formula is C21H25NO4S. The van der Waals surface area contributed by atoms with Crippen LogP contribution in [0.5, 0.6) is 5.75 Å². The lowest BCUT2D eigenvalue weighted by Gasteiger charge is -2.24. The van der Waals surface area contributed by atoms with Gasteiger partial charge in [0.25, 0.3) is 0 Å². The van der Waals surface area contributed by atoms with Crippen molar-refractivity contribution in [1.82, 2.24) is 4.90 Å². The summed E-state index contributed by atoms with van der Waals surface area (Å²) in [6, 6.07) is 13.9. The number of carbonyl (C=O) groups excluding carboxylic acids is 1. The van der Waals surface area contributed by atoms with Crippen molar-refractivity contribution in [2.24, 2.45) is 0 Å². The van der Waals surface area contributed by atoms with Gasteiger partial charge < -0.3 is 9.64 Å². The van der Waals surface area contributed by atoms with Gasteiger partial charge in [-0.15, -0.1) is 0 Å². The number of ether oxygens (including phenoxy) is 1. The van der Waals surface area contributed by atoms with Crippen molar-refractivity contribution in [2.45, 2.75) is 24.8 Å². The lowest BCUT2D eigenvalue weighted by Crippen LogP contribution is -2.28. The number of carbonyl (C=O) groups is 1. The number of hydrogen-bond acceptors (Lipinski definition) is 4. The standard InChI is InChI=1S/C21H25NO4S/c1-5-26-20-9-7-6-8-18(20)12-15-21(23)22(3)16(2)17-10-13-19(14-11-17)27(4,24)25/h6-16H,5H2,1-4H3/b15-12+. The molecule has 0 radical (unpaired) electrons. The van der Waals surface area contributed by atoms with Crippen molar-refractivity contribution in [2.75, 3.05) is 19.9 Å². The summed E-state index contributed by atoms with van der Waals surface area (Å²) in [5, 5.41) is 0. The third-order valence-corrected chi connectivity index (χ3v) is 5.47. The zero-order valence-corrected chi connectivity index (χ0v) is 16.9. The van der Waals surface area contributed by atoms with E-state index in [1.165, 1.54) is 12.3 Å². The highest BCUT2D eigenvalue weighted by molar-refractivity contribution is 7.90. The van der Waals surface area contributed by atoms with Crippen molar-refractivity contribution >= 4 is 21.8 Å². The van der Waals surface area contributed by atoms with Crippen LogP contribution < -0.4 is 4.74 Å². The minimum absolute atomic E-state index is 0.152. The van der Waals surface area contributed by atoms with Crippen LogP contribution in [0, 0.1) is 0 Å². The maximum Gasteiger partial charge on any atom is 0.246 e. The van der Waals surface area contributed by atoms with Gasteiger partial charge in [0.15, 0.2) is 9.84 Å². The first-order chi connectivity index (χ1) is 12.7. The molecule has 5 nitrogen and oxygen atoms in total. The van der Waals surface area contributed by atoms with Crippen LogP contribution in [-0.4, -0.2) is 39.1 Å². The zero-order chi connectivity index (χ0) is 20.0. The van der Waals surface area contributed by atoms with Gasteiger partial charge in [-0.05, 0) is 43.7 Å². The smallest absolute Gasteiger partial charge is 0.246 e. The first-order valence-corrected chi connectivity index (χ1v) is 10.6. The summed E-state index contributed by atoms with van der Waals surface area (Å²) in [6.45, 7) is 4.37. The van der Waals surface area contributed by atoms with Crippen molar-refractivity contribution in [1.29, 1.82) is 0 Å². The molecule has 0 bridgehead atoms. The third kappa shape index (κ3) is 5.44. The SMILES string of the molecule is CCOc1ccccc1/C=C/C(=O)N(C)C(C)c1ccc(S(C)(=O)=O)cc1. The molecule has 0 saturated heterocycles. The molecule has 1 amide bonds. The molecule has 0 aliphatic carbocycles. The summed E-state index contributed by atoms with van der Waals surface area (Å²) in [6.07, 6.45) is 4.43. The molecule has 27 heavy (non-hydrogen) atoms. The van der Waals surface area contributed by atoms with Crippen LogP contribution in [0.2, 0.25) is 0 Å². The van der Waals surface area contributed by atoms with Crippen molar-refractivity contribution in [3.63, 3.8) is 0 Å². The minimum Gasteiger partial charge on any atom is -0.493 e. The number of nitrogens with zero attached hydrogens (tertiary/aromatic N) is 1. The van der Waals surface area contributed by atoms with Crippen LogP contribution in [0.1, 0.15) is 31.0 Å². The summed E-state index contributed by atoms with van der Waals surface area (Å²) in [5.74, 6) is 0.581. The molecule has 1 unspecified atom stereocenters. The molecule has 0 fully saturated rings. The number of para-hydroxylation sites is 1. The number of amides is 1. The van der Waals surface area contributed by atoms with E-state index in [9.17, 15) is 13.2 Å². The van der Waals surface area contributed by atoms with Crippen LogP contribution in [0.4, 0.5) is 0 Å². The fourth-order valence-corrected chi connectivity index (χ4v) is 3.22. The second-order valence-electron chi connectivity index (χ2n) is 6.27. The van der Waals surface area contributed by atoms with Gasteiger partial charge >= 0.3 is 0 Å². The van der Waals surface area contributed by atoms with Crippen LogP contribution in [0.15, 0.2) is 59.5 Å². The van der Waals surface area contributed by atoms with Gasteiger partial charge in [0.05, 0.1) is 17.5 Å². The van der Waals surface area contributed by atoms with E-state index in [2.05, 4.69) is 0 Å². The lowest BCUT2D eigenvalue weighted by molar-refractivity contribution is -0.126. The fraction of sp³-hybridized carbons (Fsp3) is 0.286. The predicted octanol–water partition coefficient (Wildman–Crippen LogP) is 3.72. The molecule has 0 saturated carbocycles. The summed E-state index contributed by atoms with van der Waals surface area (Å²) < 4.78 is 28.7. The van der Waals surface area contributed by atoms with Crippen LogP contribution in [-0.2, 0) is 14.6 Å². The topological polar surface area (TPSA) is 63.7 Å². The minimum atomic E-state index is -3.23.